The van der Waals surface area contributed by atoms with E-state index in [1.165, 1.54) is 0 Å². The van der Waals surface area contributed by atoms with Crippen molar-refractivity contribution in [1.29, 1.82) is 0 Å². The smallest absolute Gasteiger partial charge is 0.211 e. The number of nitrogens with two attached hydrogens (primary N) is 1. The summed E-state index contributed by atoms with van der Waals surface area (Å²) in [5, 5.41) is 0. The van der Waals surface area contributed by atoms with Crippen molar-refractivity contribution in [2.75, 3.05) is 12.3 Å². The molecule has 1 aromatic rings. The molecule has 0 radical (unpaired) electrons. The van der Waals surface area contributed by atoms with Crippen LogP contribution in [0.4, 0.5) is 0 Å². The second-order valence-electron chi connectivity index (χ2n) is 3.43. The minimum absolute atomic E-state index is 0.0444. The summed E-state index contributed by atoms with van der Waals surface area (Å²) in [5.74, 6) is 0.0444. The average Bonchev–Trinajstić information content (AvgIpc) is 2.26. The van der Waals surface area contributed by atoms with Crippen LogP contribution in [0.3, 0.4) is 0 Å². The number of rotatable bonds is 6. The highest BCUT2D eigenvalue weighted by atomic mass is 32.2. The van der Waals surface area contributed by atoms with Gasteiger partial charge in [0.1, 0.15) is 0 Å². The summed E-state index contributed by atoms with van der Waals surface area (Å²) >= 11 is 0. The zero-order valence-electron chi connectivity index (χ0n) is 9.18. The molecule has 1 rings (SSSR count). The van der Waals surface area contributed by atoms with Crippen LogP contribution in [0.25, 0.3) is 0 Å². The topological polar surface area (TPSA) is 98.0 Å². The van der Waals surface area contributed by atoms with Crippen molar-refractivity contribution in [3.8, 4) is 0 Å². The number of hydrogen-bond acceptors (Lipinski definition) is 5. The lowest BCUT2D eigenvalue weighted by atomic mass is 10.4. The van der Waals surface area contributed by atoms with Crippen molar-refractivity contribution in [3.05, 3.63) is 23.8 Å². The normalized spacial score (nSPS) is 11.6. The van der Waals surface area contributed by atoms with E-state index in [1.807, 2.05) is 6.92 Å². The maximum Gasteiger partial charge on any atom is 0.211 e. The lowest BCUT2D eigenvalue weighted by Gasteiger charge is -2.05. The molecular formula is C9H16N4O2S. The number of sulfonamides is 1. The predicted octanol–water partition coefficient (Wildman–Crippen LogP) is -0.447. The van der Waals surface area contributed by atoms with Gasteiger partial charge in [-0.05, 0) is 19.9 Å². The van der Waals surface area contributed by atoms with E-state index in [2.05, 4.69) is 14.7 Å². The Bertz CT molecular complexity index is 416. The number of nitrogens with zero attached hydrogens (tertiary/aromatic N) is 2. The SMILES string of the molecule is Cc1cnc(CNS(=O)(=O)CCCN)cn1. The lowest BCUT2D eigenvalue weighted by molar-refractivity contribution is 0.578. The Kier molecular flexibility index (Phi) is 4.78. The van der Waals surface area contributed by atoms with Gasteiger partial charge < -0.3 is 5.73 Å². The number of hydrogen-bond donors (Lipinski definition) is 2. The third kappa shape index (κ3) is 4.65. The van der Waals surface area contributed by atoms with Crippen LogP contribution < -0.4 is 10.5 Å². The molecule has 0 atom stereocenters. The molecule has 7 heteroatoms. The molecule has 0 saturated carbocycles. The van der Waals surface area contributed by atoms with Crippen LogP contribution in [0.5, 0.6) is 0 Å². The number of aromatic nitrogens is 2. The molecule has 1 heterocycles. The molecule has 0 aromatic carbocycles. The van der Waals surface area contributed by atoms with Crippen LogP contribution >= 0.6 is 0 Å². The third-order valence-corrected chi connectivity index (χ3v) is 3.34. The van der Waals surface area contributed by atoms with Gasteiger partial charge in [0.05, 0.1) is 29.9 Å². The van der Waals surface area contributed by atoms with Gasteiger partial charge in [0.25, 0.3) is 0 Å². The first-order valence-corrected chi connectivity index (χ1v) is 6.63. The predicted molar refractivity (Wildman–Crippen MR) is 61.1 cm³/mol. The molecule has 0 amide bonds. The molecular weight excluding hydrogens is 228 g/mol. The van der Waals surface area contributed by atoms with Gasteiger partial charge in [-0.3, -0.25) is 9.97 Å². The summed E-state index contributed by atoms with van der Waals surface area (Å²) in [4.78, 5) is 8.07. The fraction of sp³-hybridized carbons (Fsp3) is 0.556. The Labute approximate surface area is 95.3 Å². The van der Waals surface area contributed by atoms with Gasteiger partial charge in [-0.1, -0.05) is 0 Å². The maximum atomic E-state index is 11.4. The van der Waals surface area contributed by atoms with Gasteiger partial charge in [-0.2, -0.15) is 0 Å². The van der Waals surface area contributed by atoms with Crippen LogP contribution in [0, 0.1) is 6.92 Å². The summed E-state index contributed by atoms with van der Waals surface area (Å²) in [6, 6.07) is 0. The van der Waals surface area contributed by atoms with Crippen LogP contribution in [0.15, 0.2) is 12.4 Å². The van der Waals surface area contributed by atoms with Crippen LogP contribution in [-0.4, -0.2) is 30.7 Å². The van der Waals surface area contributed by atoms with E-state index >= 15 is 0 Å². The van der Waals surface area contributed by atoms with E-state index in [0.29, 0.717) is 18.7 Å². The van der Waals surface area contributed by atoms with E-state index < -0.39 is 10.0 Å². The molecule has 0 bridgehead atoms. The molecule has 1 aromatic heterocycles. The molecule has 0 unspecified atom stereocenters. The molecule has 0 saturated heterocycles. The highest BCUT2D eigenvalue weighted by molar-refractivity contribution is 7.89. The Balaban J connectivity index is 2.48. The van der Waals surface area contributed by atoms with E-state index in [0.717, 1.165) is 5.69 Å². The Hall–Kier alpha value is -1.05. The van der Waals surface area contributed by atoms with Crippen LogP contribution in [0.1, 0.15) is 17.8 Å². The third-order valence-electron chi connectivity index (χ3n) is 1.92. The Morgan fingerprint density at radius 3 is 2.69 bits per heavy atom. The average molecular weight is 244 g/mol. The molecule has 0 fully saturated rings. The first-order chi connectivity index (χ1) is 7.53. The summed E-state index contributed by atoms with van der Waals surface area (Å²) in [6.07, 6.45) is 3.61. The summed E-state index contributed by atoms with van der Waals surface area (Å²) in [6.45, 7) is 2.35. The van der Waals surface area contributed by atoms with Crippen molar-refractivity contribution < 1.29 is 8.42 Å². The molecule has 16 heavy (non-hydrogen) atoms. The largest absolute Gasteiger partial charge is 0.330 e. The second-order valence-corrected chi connectivity index (χ2v) is 5.36. The van der Waals surface area contributed by atoms with Crippen molar-refractivity contribution in [2.24, 2.45) is 5.73 Å². The Morgan fingerprint density at radius 1 is 1.38 bits per heavy atom. The molecule has 3 N–H and O–H groups in total. The quantitative estimate of drug-likeness (QED) is 0.706. The monoisotopic (exact) mass is 244 g/mol. The minimum atomic E-state index is -3.25. The zero-order valence-corrected chi connectivity index (χ0v) is 10.00. The fourth-order valence-corrected chi connectivity index (χ4v) is 2.10. The zero-order chi connectivity index (χ0) is 12.0. The van der Waals surface area contributed by atoms with Crippen molar-refractivity contribution >= 4 is 10.0 Å². The van der Waals surface area contributed by atoms with E-state index in [9.17, 15) is 8.42 Å². The summed E-state index contributed by atoms with van der Waals surface area (Å²) in [7, 11) is -3.25. The molecule has 0 aliphatic rings. The molecule has 90 valence electrons. The minimum Gasteiger partial charge on any atom is -0.330 e. The lowest BCUT2D eigenvalue weighted by Crippen LogP contribution is -2.27. The highest BCUT2D eigenvalue weighted by Crippen LogP contribution is 1.96. The second kappa shape index (κ2) is 5.88. The number of aryl methyl sites for hydroxylation is 1. The van der Waals surface area contributed by atoms with Crippen molar-refractivity contribution in [2.45, 2.75) is 19.9 Å². The molecule has 0 aliphatic heterocycles. The van der Waals surface area contributed by atoms with Gasteiger partial charge in [-0.15, -0.1) is 0 Å². The highest BCUT2D eigenvalue weighted by Gasteiger charge is 2.09. The van der Waals surface area contributed by atoms with Gasteiger partial charge in [0, 0.05) is 6.20 Å². The number of nitrogens with one attached hydrogen (secondary N) is 1. The van der Waals surface area contributed by atoms with Crippen molar-refractivity contribution in [3.63, 3.8) is 0 Å². The summed E-state index contributed by atoms with van der Waals surface area (Å²) < 4.78 is 25.3. The first kappa shape index (κ1) is 13.0. The van der Waals surface area contributed by atoms with E-state index in [-0.39, 0.29) is 12.3 Å². The van der Waals surface area contributed by atoms with Gasteiger partial charge >= 0.3 is 0 Å². The standard InChI is InChI=1S/C9H16N4O2S/c1-8-5-12-9(6-11-8)7-13-16(14,15)4-2-3-10/h5-6,13H,2-4,7,10H2,1H3. The van der Waals surface area contributed by atoms with Gasteiger partial charge in [-0.25, -0.2) is 13.1 Å². The molecule has 6 nitrogen and oxygen atoms in total. The van der Waals surface area contributed by atoms with Gasteiger partial charge in [0.2, 0.25) is 10.0 Å². The van der Waals surface area contributed by atoms with E-state index in [4.69, 9.17) is 5.73 Å². The van der Waals surface area contributed by atoms with E-state index in [1.54, 1.807) is 12.4 Å². The Morgan fingerprint density at radius 2 is 2.12 bits per heavy atom. The van der Waals surface area contributed by atoms with Crippen molar-refractivity contribution in [1.82, 2.24) is 14.7 Å². The first-order valence-electron chi connectivity index (χ1n) is 4.98. The molecule has 0 spiro atoms. The fourth-order valence-electron chi connectivity index (χ4n) is 1.04. The van der Waals surface area contributed by atoms with Crippen LogP contribution in [0.2, 0.25) is 0 Å². The van der Waals surface area contributed by atoms with Crippen LogP contribution in [-0.2, 0) is 16.6 Å². The summed E-state index contributed by atoms with van der Waals surface area (Å²) in [5.41, 5.74) is 6.64. The molecule has 0 aliphatic carbocycles. The van der Waals surface area contributed by atoms with Gasteiger partial charge in [0.15, 0.2) is 0 Å². The maximum absolute atomic E-state index is 11.4.